The van der Waals surface area contributed by atoms with Gasteiger partial charge in [0.25, 0.3) is 0 Å². The number of benzene rings is 2. The number of halogens is 1. The second-order valence-corrected chi connectivity index (χ2v) is 6.97. The van der Waals surface area contributed by atoms with Crippen LogP contribution in [0.4, 0.5) is 5.69 Å². The van der Waals surface area contributed by atoms with Gasteiger partial charge in [0.15, 0.2) is 0 Å². The molecule has 0 amide bonds. The van der Waals surface area contributed by atoms with E-state index in [4.69, 9.17) is 4.74 Å². The summed E-state index contributed by atoms with van der Waals surface area (Å²) in [4.78, 5) is 5.09. The molecule has 1 heterocycles. The highest BCUT2D eigenvalue weighted by molar-refractivity contribution is 8.93. The third-order valence-electron chi connectivity index (χ3n) is 5.44. The molecular formula is C21H27BrN2O. The van der Waals surface area contributed by atoms with E-state index in [0.29, 0.717) is 0 Å². The molecular weight excluding hydrogens is 376 g/mol. The van der Waals surface area contributed by atoms with Crippen LogP contribution in [-0.4, -0.2) is 44.7 Å². The summed E-state index contributed by atoms with van der Waals surface area (Å²) in [6.45, 7) is 5.72. The predicted octanol–water partition coefficient (Wildman–Crippen LogP) is 4.20. The maximum Gasteiger partial charge on any atom is 0.142 e. The molecule has 134 valence electrons. The van der Waals surface area contributed by atoms with Gasteiger partial charge in [0.2, 0.25) is 0 Å². The van der Waals surface area contributed by atoms with Gasteiger partial charge in [-0.15, -0.1) is 17.0 Å². The molecule has 4 rings (SSSR count). The minimum Gasteiger partial charge on any atom is -0.495 e. The lowest BCUT2D eigenvalue weighted by Gasteiger charge is -2.36. The highest BCUT2D eigenvalue weighted by atomic mass is 79.9. The van der Waals surface area contributed by atoms with Crippen molar-refractivity contribution in [3.05, 3.63) is 60.2 Å². The molecule has 1 saturated carbocycles. The Morgan fingerprint density at radius 1 is 0.920 bits per heavy atom. The summed E-state index contributed by atoms with van der Waals surface area (Å²) in [6, 6.07) is 19.4. The van der Waals surface area contributed by atoms with Crippen LogP contribution in [0.25, 0.3) is 0 Å². The number of para-hydroxylation sites is 2. The molecule has 1 saturated heterocycles. The Morgan fingerprint density at radius 3 is 2.32 bits per heavy atom. The lowest BCUT2D eigenvalue weighted by atomic mass is 10.1. The normalized spacial score (nSPS) is 23.0. The van der Waals surface area contributed by atoms with Crippen molar-refractivity contribution in [1.82, 2.24) is 4.90 Å². The van der Waals surface area contributed by atoms with Gasteiger partial charge in [-0.2, -0.15) is 0 Å². The lowest BCUT2D eigenvalue weighted by Crippen LogP contribution is -2.47. The minimum atomic E-state index is 0. The van der Waals surface area contributed by atoms with Crippen molar-refractivity contribution in [2.75, 3.05) is 44.7 Å². The second kappa shape index (κ2) is 8.24. The Labute approximate surface area is 161 Å². The molecule has 0 unspecified atom stereocenters. The first kappa shape index (κ1) is 18.3. The van der Waals surface area contributed by atoms with E-state index in [1.807, 2.05) is 6.07 Å². The van der Waals surface area contributed by atoms with Crippen LogP contribution in [0.5, 0.6) is 5.75 Å². The largest absolute Gasteiger partial charge is 0.495 e. The number of rotatable bonds is 5. The zero-order chi connectivity index (χ0) is 16.4. The molecule has 1 aliphatic carbocycles. The summed E-state index contributed by atoms with van der Waals surface area (Å²) in [5.41, 5.74) is 2.75. The number of ether oxygens (including phenoxy) is 1. The smallest absolute Gasteiger partial charge is 0.142 e. The van der Waals surface area contributed by atoms with Crippen molar-refractivity contribution in [1.29, 1.82) is 0 Å². The first-order chi connectivity index (χ1) is 11.8. The van der Waals surface area contributed by atoms with Gasteiger partial charge < -0.3 is 9.64 Å². The predicted molar refractivity (Wildman–Crippen MR) is 109 cm³/mol. The van der Waals surface area contributed by atoms with Crippen molar-refractivity contribution < 1.29 is 4.74 Å². The number of hydrogen-bond acceptors (Lipinski definition) is 3. The molecule has 0 bridgehead atoms. The first-order valence-corrected chi connectivity index (χ1v) is 9.00. The third-order valence-corrected chi connectivity index (χ3v) is 5.44. The molecule has 2 aromatic carbocycles. The van der Waals surface area contributed by atoms with Gasteiger partial charge in [-0.05, 0) is 36.0 Å². The van der Waals surface area contributed by atoms with Crippen LogP contribution in [0.2, 0.25) is 0 Å². The van der Waals surface area contributed by atoms with Crippen molar-refractivity contribution >= 4 is 22.7 Å². The average Bonchev–Trinajstić information content (AvgIpc) is 3.42. The molecule has 3 nitrogen and oxygen atoms in total. The van der Waals surface area contributed by atoms with E-state index in [1.165, 1.54) is 24.2 Å². The monoisotopic (exact) mass is 402 g/mol. The fraction of sp³-hybridized carbons (Fsp3) is 0.429. The maximum absolute atomic E-state index is 5.51. The van der Waals surface area contributed by atoms with Crippen LogP contribution in [0.1, 0.15) is 17.9 Å². The van der Waals surface area contributed by atoms with E-state index in [-0.39, 0.29) is 17.0 Å². The number of hydrogen-bond donors (Lipinski definition) is 0. The minimum absolute atomic E-state index is 0. The highest BCUT2D eigenvalue weighted by Gasteiger charge is 2.39. The molecule has 0 aromatic heterocycles. The van der Waals surface area contributed by atoms with Crippen molar-refractivity contribution in [3.63, 3.8) is 0 Å². The average molecular weight is 403 g/mol. The number of piperazine rings is 1. The summed E-state index contributed by atoms with van der Waals surface area (Å²) < 4.78 is 5.51. The summed E-state index contributed by atoms with van der Waals surface area (Å²) in [5, 5.41) is 0. The van der Waals surface area contributed by atoms with Gasteiger partial charge in [-0.1, -0.05) is 42.5 Å². The topological polar surface area (TPSA) is 15.7 Å². The van der Waals surface area contributed by atoms with E-state index in [0.717, 1.165) is 43.8 Å². The fourth-order valence-electron chi connectivity index (χ4n) is 3.95. The van der Waals surface area contributed by atoms with E-state index >= 15 is 0 Å². The van der Waals surface area contributed by atoms with E-state index < -0.39 is 0 Å². The third kappa shape index (κ3) is 4.18. The van der Waals surface area contributed by atoms with Crippen molar-refractivity contribution in [2.24, 2.45) is 5.92 Å². The van der Waals surface area contributed by atoms with Crippen LogP contribution >= 0.6 is 17.0 Å². The molecule has 0 spiro atoms. The Kier molecular flexibility index (Phi) is 6.02. The maximum atomic E-state index is 5.51. The molecule has 0 radical (unpaired) electrons. The fourth-order valence-corrected chi connectivity index (χ4v) is 3.95. The van der Waals surface area contributed by atoms with Gasteiger partial charge in [-0.25, -0.2) is 0 Å². The van der Waals surface area contributed by atoms with Crippen LogP contribution < -0.4 is 9.64 Å². The summed E-state index contributed by atoms with van der Waals surface area (Å²) in [5.74, 6) is 2.63. The van der Waals surface area contributed by atoms with Crippen LogP contribution in [-0.2, 0) is 0 Å². The van der Waals surface area contributed by atoms with Gasteiger partial charge in [0.1, 0.15) is 5.75 Å². The van der Waals surface area contributed by atoms with E-state index in [2.05, 4.69) is 58.3 Å². The Hall–Kier alpha value is -1.52. The standard InChI is InChI=1S/C21H26N2O.BrH/c1-24-21-10-6-5-9-20(21)23-13-11-22(12-14-23)16-18-15-19(18)17-7-3-2-4-8-17;/h2-10,18-19H,11-16H2,1H3;1H/t18-,19-;/m1./s1. The molecule has 4 heteroatoms. The zero-order valence-corrected chi connectivity index (χ0v) is 16.5. The van der Waals surface area contributed by atoms with Crippen LogP contribution in [0.3, 0.4) is 0 Å². The summed E-state index contributed by atoms with van der Waals surface area (Å²) in [7, 11) is 1.76. The molecule has 2 atom stereocenters. The van der Waals surface area contributed by atoms with Crippen molar-refractivity contribution in [2.45, 2.75) is 12.3 Å². The second-order valence-electron chi connectivity index (χ2n) is 6.97. The molecule has 1 aliphatic heterocycles. The van der Waals surface area contributed by atoms with Crippen LogP contribution in [0, 0.1) is 5.92 Å². The van der Waals surface area contributed by atoms with Crippen LogP contribution in [0.15, 0.2) is 54.6 Å². The number of methoxy groups -OCH3 is 1. The summed E-state index contributed by atoms with van der Waals surface area (Å²) in [6.07, 6.45) is 1.36. The highest BCUT2D eigenvalue weighted by Crippen LogP contribution is 2.47. The Morgan fingerprint density at radius 2 is 1.60 bits per heavy atom. The SMILES string of the molecule is Br.COc1ccccc1N1CCN(C[C@H]2C[C@@H]2c2ccccc2)CC1. The molecule has 25 heavy (non-hydrogen) atoms. The van der Waals surface area contributed by atoms with E-state index in [1.54, 1.807) is 7.11 Å². The van der Waals surface area contributed by atoms with Gasteiger partial charge in [-0.3, -0.25) is 4.90 Å². The quantitative estimate of drug-likeness (QED) is 0.744. The molecule has 2 aromatic rings. The Bertz CT molecular complexity index is 671. The first-order valence-electron chi connectivity index (χ1n) is 9.00. The van der Waals surface area contributed by atoms with Gasteiger partial charge in [0, 0.05) is 32.7 Å². The van der Waals surface area contributed by atoms with Crippen molar-refractivity contribution in [3.8, 4) is 5.75 Å². The Balaban J connectivity index is 0.00000182. The molecule has 0 N–H and O–H groups in total. The van der Waals surface area contributed by atoms with Gasteiger partial charge >= 0.3 is 0 Å². The molecule has 2 aliphatic rings. The number of nitrogens with zero attached hydrogens (tertiary/aromatic N) is 2. The van der Waals surface area contributed by atoms with Gasteiger partial charge in [0.05, 0.1) is 12.8 Å². The number of anilines is 1. The molecule has 2 fully saturated rings. The zero-order valence-electron chi connectivity index (χ0n) is 14.8. The van der Waals surface area contributed by atoms with E-state index in [9.17, 15) is 0 Å². The summed E-state index contributed by atoms with van der Waals surface area (Å²) >= 11 is 0. The lowest BCUT2D eigenvalue weighted by molar-refractivity contribution is 0.246.